The Bertz CT molecular complexity index is 1410. The quantitative estimate of drug-likeness (QED) is 0.254. The van der Waals surface area contributed by atoms with Gasteiger partial charge in [-0.05, 0) is 54.4 Å². The molecule has 4 aromatic rings. The number of rotatable bonds is 7. The zero-order valence-electron chi connectivity index (χ0n) is 18.9. The van der Waals surface area contributed by atoms with E-state index in [0.717, 1.165) is 5.56 Å². The number of ketones is 1. The van der Waals surface area contributed by atoms with Gasteiger partial charge in [0.2, 0.25) is 5.78 Å². The summed E-state index contributed by atoms with van der Waals surface area (Å²) < 4.78 is 44.9. The maximum absolute atomic E-state index is 13.4. The Hall–Kier alpha value is -3.07. The fourth-order valence-corrected chi connectivity index (χ4v) is 5.51. The van der Waals surface area contributed by atoms with Gasteiger partial charge in [-0.15, -0.1) is 11.3 Å². The van der Waals surface area contributed by atoms with E-state index in [0.29, 0.717) is 50.0 Å². The van der Waals surface area contributed by atoms with Crippen LogP contribution in [0.3, 0.4) is 0 Å². The first kappa shape index (κ1) is 24.6. The molecular formula is C27H21ClF3NO3S. The molecule has 1 aliphatic rings. The first-order valence-corrected chi connectivity index (χ1v) is 12.5. The van der Waals surface area contributed by atoms with Crippen LogP contribution in [0.15, 0.2) is 66.7 Å². The molecule has 1 aromatic heterocycles. The van der Waals surface area contributed by atoms with Crippen LogP contribution in [0, 0.1) is 5.92 Å². The molecule has 0 amide bonds. The second-order valence-electron chi connectivity index (χ2n) is 8.74. The second kappa shape index (κ2) is 9.76. The molecule has 2 heterocycles. The topological polar surface area (TPSA) is 49.8 Å². The SMILES string of the molecule is O=C(c1ccccc1Cl)c1sc2cc(O)ccc2c1Oc1ccc(CCN2CC(C(F)(F)F)C2)cc1. The number of hydrogen-bond donors (Lipinski definition) is 1. The van der Waals surface area contributed by atoms with Gasteiger partial charge in [-0.1, -0.05) is 35.9 Å². The number of carbonyl (C=O) groups is 1. The lowest BCUT2D eigenvalue weighted by Gasteiger charge is -2.40. The highest BCUT2D eigenvalue weighted by molar-refractivity contribution is 7.21. The van der Waals surface area contributed by atoms with Crippen molar-refractivity contribution in [3.05, 3.63) is 87.8 Å². The standard InChI is InChI=1S/C27H21ClF3NO3S/c28-22-4-2-1-3-20(22)24(34)26-25(21-10-7-18(33)13-23(21)36-26)35-19-8-5-16(6-9-19)11-12-32-14-17(15-32)27(29,30)31/h1-10,13,17,33H,11-12,14-15H2. The predicted molar refractivity (Wildman–Crippen MR) is 135 cm³/mol. The molecule has 5 rings (SSSR count). The molecule has 0 radical (unpaired) electrons. The highest BCUT2D eigenvalue weighted by Crippen LogP contribution is 2.43. The average Bonchev–Trinajstić information content (AvgIpc) is 3.15. The second-order valence-corrected chi connectivity index (χ2v) is 10.2. The van der Waals surface area contributed by atoms with Crippen LogP contribution in [0.1, 0.15) is 20.8 Å². The fourth-order valence-electron chi connectivity index (χ4n) is 4.17. The molecule has 1 N–H and O–H groups in total. The molecular weight excluding hydrogens is 511 g/mol. The molecule has 3 aromatic carbocycles. The van der Waals surface area contributed by atoms with Gasteiger partial charge in [0.1, 0.15) is 16.4 Å². The molecule has 0 atom stereocenters. The minimum absolute atomic E-state index is 0.0493. The lowest BCUT2D eigenvalue weighted by Crippen LogP contribution is -2.53. The van der Waals surface area contributed by atoms with Crippen LogP contribution in [-0.4, -0.2) is 41.6 Å². The summed E-state index contributed by atoms with van der Waals surface area (Å²) in [6.07, 6.45) is -3.49. The highest BCUT2D eigenvalue weighted by Gasteiger charge is 2.46. The minimum Gasteiger partial charge on any atom is -0.508 e. The summed E-state index contributed by atoms with van der Waals surface area (Å²) in [6.45, 7) is 0.656. The molecule has 0 spiro atoms. The van der Waals surface area contributed by atoms with Gasteiger partial charge >= 0.3 is 6.18 Å². The zero-order chi connectivity index (χ0) is 25.4. The van der Waals surface area contributed by atoms with Crippen molar-refractivity contribution in [1.82, 2.24) is 4.90 Å². The predicted octanol–water partition coefficient (Wildman–Crippen LogP) is 7.32. The number of thiophene rings is 1. The number of nitrogens with zero attached hydrogens (tertiary/aromatic N) is 1. The van der Waals surface area contributed by atoms with Crippen LogP contribution in [0.2, 0.25) is 5.02 Å². The van der Waals surface area contributed by atoms with Gasteiger partial charge in [0.05, 0.1) is 10.9 Å². The Labute approximate surface area is 214 Å². The number of aromatic hydroxyl groups is 1. The van der Waals surface area contributed by atoms with Crippen molar-refractivity contribution in [1.29, 1.82) is 0 Å². The van der Waals surface area contributed by atoms with Crippen molar-refractivity contribution in [3.63, 3.8) is 0 Å². The number of phenols is 1. The van der Waals surface area contributed by atoms with Crippen molar-refractivity contribution >= 4 is 38.8 Å². The molecule has 1 aliphatic heterocycles. The molecule has 0 unspecified atom stereocenters. The highest BCUT2D eigenvalue weighted by atomic mass is 35.5. The third kappa shape index (κ3) is 5.07. The van der Waals surface area contributed by atoms with Crippen LogP contribution in [0.5, 0.6) is 17.2 Å². The van der Waals surface area contributed by atoms with Gasteiger partial charge in [-0.2, -0.15) is 13.2 Å². The first-order valence-electron chi connectivity index (χ1n) is 11.3. The molecule has 0 bridgehead atoms. The molecule has 9 heteroatoms. The number of fused-ring (bicyclic) bond motifs is 1. The molecule has 1 fully saturated rings. The van der Waals surface area contributed by atoms with Crippen molar-refractivity contribution < 1.29 is 27.8 Å². The van der Waals surface area contributed by atoms with Gasteiger partial charge in [-0.3, -0.25) is 4.79 Å². The number of halogens is 4. The Balaban J connectivity index is 1.34. The maximum Gasteiger partial charge on any atom is 0.394 e. The number of phenolic OH excluding ortho intramolecular Hbond substituents is 1. The molecule has 0 saturated carbocycles. The van der Waals surface area contributed by atoms with E-state index in [1.54, 1.807) is 53.4 Å². The zero-order valence-corrected chi connectivity index (χ0v) is 20.5. The number of alkyl halides is 3. The number of carbonyl (C=O) groups excluding carboxylic acids is 1. The minimum atomic E-state index is -4.12. The molecule has 186 valence electrons. The molecule has 36 heavy (non-hydrogen) atoms. The Morgan fingerprint density at radius 1 is 1.08 bits per heavy atom. The normalized spacial score (nSPS) is 14.7. The molecule has 1 saturated heterocycles. The summed E-state index contributed by atoms with van der Waals surface area (Å²) in [7, 11) is 0. The van der Waals surface area contributed by atoms with Gasteiger partial charge in [0, 0.05) is 35.3 Å². The van der Waals surface area contributed by atoms with Gasteiger partial charge in [0.15, 0.2) is 5.75 Å². The van der Waals surface area contributed by atoms with E-state index >= 15 is 0 Å². The molecule has 0 aliphatic carbocycles. The lowest BCUT2D eigenvalue weighted by molar-refractivity contribution is -0.208. The number of ether oxygens (including phenoxy) is 1. The first-order chi connectivity index (χ1) is 17.2. The van der Waals surface area contributed by atoms with Crippen molar-refractivity contribution in [2.45, 2.75) is 12.6 Å². The summed E-state index contributed by atoms with van der Waals surface area (Å²) in [5, 5.41) is 10.9. The van der Waals surface area contributed by atoms with Crippen LogP contribution in [0.4, 0.5) is 13.2 Å². The number of benzene rings is 3. The summed E-state index contributed by atoms with van der Waals surface area (Å²) in [5.41, 5.74) is 1.33. The van der Waals surface area contributed by atoms with Crippen molar-refractivity contribution in [3.8, 4) is 17.2 Å². The summed E-state index contributed by atoms with van der Waals surface area (Å²) in [6, 6.07) is 18.9. The van der Waals surface area contributed by atoms with E-state index in [2.05, 4.69) is 0 Å². The van der Waals surface area contributed by atoms with Crippen LogP contribution >= 0.6 is 22.9 Å². The maximum atomic E-state index is 13.4. The van der Waals surface area contributed by atoms with E-state index in [-0.39, 0.29) is 24.6 Å². The lowest BCUT2D eigenvalue weighted by atomic mass is 9.99. The van der Waals surface area contributed by atoms with E-state index in [4.69, 9.17) is 16.3 Å². The third-order valence-electron chi connectivity index (χ3n) is 6.23. The van der Waals surface area contributed by atoms with Crippen LogP contribution in [-0.2, 0) is 6.42 Å². The monoisotopic (exact) mass is 531 g/mol. The van der Waals surface area contributed by atoms with Gasteiger partial charge < -0.3 is 14.7 Å². The molecule has 4 nitrogen and oxygen atoms in total. The third-order valence-corrected chi connectivity index (χ3v) is 7.70. The van der Waals surface area contributed by atoms with Crippen LogP contribution in [0.25, 0.3) is 10.1 Å². The number of likely N-dealkylation sites (tertiary alicyclic amines) is 1. The summed E-state index contributed by atoms with van der Waals surface area (Å²) in [4.78, 5) is 15.5. The average molecular weight is 532 g/mol. The Morgan fingerprint density at radius 3 is 2.50 bits per heavy atom. The van der Waals surface area contributed by atoms with Gasteiger partial charge in [-0.25, -0.2) is 0 Å². The van der Waals surface area contributed by atoms with Crippen molar-refractivity contribution in [2.75, 3.05) is 19.6 Å². The largest absolute Gasteiger partial charge is 0.508 e. The van der Waals surface area contributed by atoms with E-state index in [1.807, 2.05) is 12.1 Å². The van der Waals surface area contributed by atoms with E-state index in [1.165, 1.54) is 17.4 Å². The van der Waals surface area contributed by atoms with E-state index in [9.17, 15) is 23.1 Å². The van der Waals surface area contributed by atoms with E-state index < -0.39 is 12.1 Å². The number of hydrogen-bond acceptors (Lipinski definition) is 5. The van der Waals surface area contributed by atoms with Gasteiger partial charge in [0.25, 0.3) is 0 Å². The Kier molecular flexibility index (Phi) is 6.68. The fraction of sp³-hybridized carbons (Fsp3) is 0.222. The summed E-state index contributed by atoms with van der Waals surface area (Å²) >= 11 is 7.48. The van der Waals surface area contributed by atoms with Crippen LogP contribution < -0.4 is 4.74 Å². The van der Waals surface area contributed by atoms with Crippen molar-refractivity contribution in [2.24, 2.45) is 5.92 Å². The summed E-state index contributed by atoms with van der Waals surface area (Å²) in [5.74, 6) is -0.523. The Morgan fingerprint density at radius 2 is 1.81 bits per heavy atom. The smallest absolute Gasteiger partial charge is 0.394 e.